The lowest BCUT2D eigenvalue weighted by atomic mass is 10.1. The molecule has 1 saturated heterocycles. The SMILES string of the molecule is COc1c[c]cc(C(=O)N2CCN(C)CC2)c1. The van der Waals surface area contributed by atoms with Crippen LogP contribution in [0.25, 0.3) is 0 Å². The van der Waals surface area contributed by atoms with Crippen LogP contribution >= 0.6 is 0 Å². The molecule has 0 aliphatic carbocycles. The fraction of sp³-hybridized carbons (Fsp3) is 0.462. The Bertz CT molecular complexity index is 398. The summed E-state index contributed by atoms with van der Waals surface area (Å²) in [6, 6.07) is 8.12. The Hall–Kier alpha value is -1.55. The van der Waals surface area contributed by atoms with Gasteiger partial charge in [-0.25, -0.2) is 0 Å². The fourth-order valence-electron chi connectivity index (χ4n) is 1.88. The quantitative estimate of drug-likeness (QED) is 0.760. The predicted molar refractivity (Wildman–Crippen MR) is 65.2 cm³/mol. The van der Waals surface area contributed by atoms with Gasteiger partial charge in [0, 0.05) is 31.7 Å². The minimum atomic E-state index is 0.0632. The van der Waals surface area contributed by atoms with Crippen molar-refractivity contribution >= 4 is 5.91 Å². The number of methoxy groups -OCH3 is 1. The summed E-state index contributed by atoms with van der Waals surface area (Å²) in [5, 5.41) is 0. The van der Waals surface area contributed by atoms with E-state index in [1.807, 2.05) is 4.90 Å². The number of amides is 1. The van der Waals surface area contributed by atoms with Gasteiger partial charge in [-0.2, -0.15) is 0 Å². The Morgan fingerprint density at radius 1 is 1.29 bits per heavy atom. The molecule has 0 atom stereocenters. The number of ether oxygens (including phenoxy) is 1. The zero-order valence-corrected chi connectivity index (χ0v) is 10.3. The third kappa shape index (κ3) is 2.77. The van der Waals surface area contributed by atoms with E-state index in [-0.39, 0.29) is 5.91 Å². The lowest BCUT2D eigenvalue weighted by Crippen LogP contribution is -2.47. The highest BCUT2D eigenvalue weighted by Gasteiger charge is 2.20. The number of hydrogen-bond donors (Lipinski definition) is 0. The molecule has 0 unspecified atom stereocenters. The highest BCUT2D eigenvalue weighted by Crippen LogP contribution is 2.14. The summed E-state index contributed by atoms with van der Waals surface area (Å²) in [5.74, 6) is 0.734. The van der Waals surface area contributed by atoms with Crippen LogP contribution in [0.2, 0.25) is 0 Å². The molecule has 0 N–H and O–H groups in total. The standard InChI is InChI=1S/C13H17N2O2/c1-14-6-8-15(9-7-14)13(16)11-4-3-5-12(10-11)17-2/h4-5,10H,6-9H2,1-2H3. The van der Waals surface area contributed by atoms with E-state index >= 15 is 0 Å². The topological polar surface area (TPSA) is 32.8 Å². The minimum Gasteiger partial charge on any atom is -0.497 e. The molecule has 1 heterocycles. The first kappa shape index (κ1) is 11.9. The third-order valence-corrected chi connectivity index (χ3v) is 3.04. The van der Waals surface area contributed by atoms with E-state index in [1.54, 1.807) is 25.3 Å². The van der Waals surface area contributed by atoms with Gasteiger partial charge in [0.05, 0.1) is 7.11 Å². The first-order valence-electron chi connectivity index (χ1n) is 5.73. The summed E-state index contributed by atoms with van der Waals surface area (Å²) >= 11 is 0. The van der Waals surface area contributed by atoms with Crippen LogP contribution in [-0.4, -0.2) is 56.0 Å². The van der Waals surface area contributed by atoms with Crippen molar-refractivity contribution in [2.75, 3.05) is 40.3 Å². The second-order valence-corrected chi connectivity index (χ2v) is 4.26. The van der Waals surface area contributed by atoms with Crippen molar-refractivity contribution in [3.8, 4) is 5.75 Å². The van der Waals surface area contributed by atoms with Crippen LogP contribution in [0.5, 0.6) is 5.75 Å². The van der Waals surface area contributed by atoms with Crippen molar-refractivity contribution in [2.45, 2.75) is 0 Å². The van der Waals surface area contributed by atoms with Gasteiger partial charge in [-0.1, -0.05) is 0 Å². The predicted octanol–water partition coefficient (Wildman–Crippen LogP) is 0.883. The van der Waals surface area contributed by atoms with Gasteiger partial charge in [-0.15, -0.1) is 0 Å². The van der Waals surface area contributed by atoms with Gasteiger partial charge >= 0.3 is 0 Å². The summed E-state index contributed by atoms with van der Waals surface area (Å²) in [4.78, 5) is 16.3. The van der Waals surface area contributed by atoms with Gasteiger partial charge in [-0.3, -0.25) is 4.79 Å². The van der Waals surface area contributed by atoms with Gasteiger partial charge in [0.25, 0.3) is 5.91 Å². The van der Waals surface area contributed by atoms with E-state index in [2.05, 4.69) is 18.0 Å². The van der Waals surface area contributed by atoms with E-state index in [4.69, 9.17) is 4.74 Å². The molecular weight excluding hydrogens is 216 g/mol. The average Bonchev–Trinajstić information content (AvgIpc) is 2.39. The number of hydrogen-bond acceptors (Lipinski definition) is 3. The molecule has 0 bridgehead atoms. The molecule has 4 nitrogen and oxygen atoms in total. The van der Waals surface area contributed by atoms with E-state index in [9.17, 15) is 4.79 Å². The molecule has 1 fully saturated rings. The van der Waals surface area contributed by atoms with Crippen molar-refractivity contribution in [1.29, 1.82) is 0 Å². The van der Waals surface area contributed by atoms with Gasteiger partial charge < -0.3 is 14.5 Å². The molecule has 0 saturated carbocycles. The van der Waals surface area contributed by atoms with Crippen LogP contribution in [0.3, 0.4) is 0 Å². The Balaban J connectivity index is 2.08. The maximum Gasteiger partial charge on any atom is 0.254 e. The molecular formula is C13H17N2O2. The molecule has 17 heavy (non-hydrogen) atoms. The largest absolute Gasteiger partial charge is 0.497 e. The molecule has 0 spiro atoms. The van der Waals surface area contributed by atoms with Crippen molar-refractivity contribution in [3.63, 3.8) is 0 Å². The number of likely N-dealkylation sites (N-methyl/N-ethyl adjacent to an activating group) is 1. The molecule has 1 aliphatic rings. The first-order chi connectivity index (χ1) is 8.20. The van der Waals surface area contributed by atoms with Gasteiger partial charge in [0.15, 0.2) is 0 Å². The van der Waals surface area contributed by atoms with Crippen LogP contribution in [-0.2, 0) is 0 Å². The molecule has 1 aromatic rings. The van der Waals surface area contributed by atoms with E-state index < -0.39 is 0 Å². The average molecular weight is 233 g/mol. The van der Waals surface area contributed by atoms with Crippen LogP contribution in [0, 0.1) is 6.07 Å². The van der Waals surface area contributed by atoms with E-state index in [0.717, 1.165) is 26.2 Å². The van der Waals surface area contributed by atoms with E-state index in [1.165, 1.54) is 0 Å². The number of carbonyl (C=O) groups excluding carboxylic acids is 1. The Kier molecular flexibility index (Phi) is 3.64. The van der Waals surface area contributed by atoms with Gasteiger partial charge in [0.2, 0.25) is 0 Å². The van der Waals surface area contributed by atoms with Crippen LogP contribution in [0.1, 0.15) is 10.4 Å². The highest BCUT2D eigenvalue weighted by molar-refractivity contribution is 5.94. The Morgan fingerprint density at radius 2 is 2.00 bits per heavy atom. The van der Waals surface area contributed by atoms with Crippen LogP contribution in [0.15, 0.2) is 18.2 Å². The normalized spacial score (nSPS) is 16.9. The Labute approximate surface area is 102 Å². The zero-order valence-electron chi connectivity index (χ0n) is 10.3. The highest BCUT2D eigenvalue weighted by atomic mass is 16.5. The van der Waals surface area contributed by atoms with Crippen molar-refractivity contribution in [1.82, 2.24) is 9.80 Å². The number of rotatable bonds is 2. The first-order valence-corrected chi connectivity index (χ1v) is 5.73. The maximum atomic E-state index is 12.2. The number of piperazine rings is 1. The van der Waals surface area contributed by atoms with Gasteiger partial charge in [-0.05, 0) is 31.3 Å². The van der Waals surface area contributed by atoms with Crippen molar-refractivity contribution in [2.24, 2.45) is 0 Å². The monoisotopic (exact) mass is 233 g/mol. The van der Waals surface area contributed by atoms with Gasteiger partial charge in [0.1, 0.15) is 5.75 Å². The Morgan fingerprint density at radius 3 is 2.65 bits per heavy atom. The molecule has 1 amide bonds. The molecule has 2 rings (SSSR count). The lowest BCUT2D eigenvalue weighted by Gasteiger charge is -2.32. The number of nitrogens with zero attached hydrogens (tertiary/aromatic N) is 2. The maximum absolute atomic E-state index is 12.2. The second-order valence-electron chi connectivity index (χ2n) is 4.26. The van der Waals surface area contributed by atoms with Crippen molar-refractivity contribution in [3.05, 3.63) is 29.8 Å². The smallest absolute Gasteiger partial charge is 0.254 e. The summed E-state index contributed by atoms with van der Waals surface area (Å²) in [6.45, 7) is 3.43. The summed E-state index contributed by atoms with van der Waals surface area (Å²) in [7, 11) is 3.66. The summed E-state index contributed by atoms with van der Waals surface area (Å²) in [5.41, 5.74) is 0.647. The molecule has 1 aromatic carbocycles. The number of benzene rings is 1. The third-order valence-electron chi connectivity index (χ3n) is 3.04. The van der Waals surface area contributed by atoms with Crippen LogP contribution in [0.4, 0.5) is 0 Å². The molecule has 91 valence electrons. The molecule has 1 radical (unpaired) electrons. The lowest BCUT2D eigenvalue weighted by molar-refractivity contribution is 0.0663. The number of carbonyl (C=O) groups is 1. The summed E-state index contributed by atoms with van der Waals surface area (Å²) in [6.07, 6.45) is 0. The summed E-state index contributed by atoms with van der Waals surface area (Å²) < 4.78 is 5.10. The van der Waals surface area contributed by atoms with Crippen molar-refractivity contribution < 1.29 is 9.53 Å². The molecule has 0 aromatic heterocycles. The molecule has 4 heteroatoms. The fourth-order valence-corrected chi connectivity index (χ4v) is 1.88. The zero-order chi connectivity index (χ0) is 12.3. The second kappa shape index (κ2) is 5.19. The molecule has 1 aliphatic heterocycles. The van der Waals surface area contributed by atoms with E-state index in [0.29, 0.717) is 11.3 Å². The van der Waals surface area contributed by atoms with Crippen LogP contribution < -0.4 is 4.74 Å². The minimum absolute atomic E-state index is 0.0632.